The number of aryl methyl sites for hydroxylation is 1. The van der Waals surface area contributed by atoms with Gasteiger partial charge in [0, 0.05) is 12.6 Å². The lowest BCUT2D eigenvalue weighted by Crippen LogP contribution is -2.15. The fraction of sp³-hybridized carbons (Fsp3) is 0.235. The molecule has 5 nitrogen and oxygen atoms in total. The summed E-state index contributed by atoms with van der Waals surface area (Å²) in [7, 11) is 0. The molecule has 0 saturated heterocycles. The van der Waals surface area contributed by atoms with Crippen molar-refractivity contribution < 1.29 is 18.3 Å². The molecule has 1 heterocycles. The van der Waals surface area contributed by atoms with Gasteiger partial charge in [0.15, 0.2) is 11.6 Å². The van der Waals surface area contributed by atoms with E-state index >= 15 is 0 Å². The Hall–Kier alpha value is -3.01. The maximum absolute atomic E-state index is 13.4. The van der Waals surface area contributed by atoms with Crippen molar-refractivity contribution >= 4 is 11.8 Å². The van der Waals surface area contributed by atoms with E-state index in [0.29, 0.717) is 11.4 Å². The minimum atomic E-state index is -0.939. The van der Waals surface area contributed by atoms with Crippen LogP contribution in [0, 0.1) is 23.0 Å². The van der Waals surface area contributed by atoms with Crippen LogP contribution in [0.5, 0.6) is 0 Å². The van der Waals surface area contributed by atoms with Gasteiger partial charge in [-0.25, -0.2) is 13.8 Å². The summed E-state index contributed by atoms with van der Waals surface area (Å²) in [4.78, 5) is 15.6. The Morgan fingerprint density at radius 2 is 2.12 bits per heavy atom. The molecule has 1 aromatic heterocycles. The van der Waals surface area contributed by atoms with Crippen LogP contribution < -0.4 is 5.32 Å². The molecular weight excluding hydrogens is 316 g/mol. The smallest absolute Gasteiger partial charge is 0.306 e. The van der Waals surface area contributed by atoms with Gasteiger partial charge in [0.1, 0.15) is 18.5 Å². The van der Waals surface area contributed by atoms with Gasteiger partial charge < -0.3 is 10.1 Å². The Bertz CT molecular complexity index is 760. The van der Waals surface area contributed by atoms with Crippen molar-refractivity contribution in [2.75, 3.05) is 18.5 Å². The number of hydrogen-bond donors (Lipinski definition) is 1. The highest BCUT2D eigenvalue weighted by Gasteiger charge is 2.10. The number of nitrogens with one attached hydrogen (secondary N) is 1. The van der Waals surface area contributed by atoms with Gasteiger partial charge in [0.25, 0.3) is 0 Å². The van der Waals surface area contributed by atoms with E-state index in [1.165, 1.54) is 12.1 Å². The first-order chi connectivity index (χ1) is 11.6. The summed E-state index contributed by atoms with van der Waals surface area (Å²) < 4.78 is 31.5. The van der Waals surface area contributed by atoms with Gasteiger partial charge in [0.05, 0.1) is 12.1 Å². The molecule has 24 heavy (non-hydrogen) atoms. The van der Waals surface area contributed by atoms with E-state index in [1.54, 1.807) is 18.3 Å². The second kappa shape index (κ2) is 8.58. The summed E-state index contributed by atoms with van der Waals surface area (Å²) in [5, 5.41) is 11.8. The molecule has 0 saturated carbocycles. The zero-order chi connectivity index (χ0) is 17.4. The Morgan fingerprint density at radius 3 is 2.92 bits per heavy atom. The highest BCUT2D eigenvalue weighted by Crippen LogP contribution is 2.13. The van der Waals surface area contributed by atoms with Crippen molar-refractivity contribution in [3.63, 3.8) is 0 Å². The number of nitriles is 1. The number of esters is 1. The predicted octanol–water partition coefficient (Wildman–Crippen LogP) is 2.82. The topological polar surface area (TPSA) is 75.0 Å². The van der Waals surface area contributed by atoms with E-state index in [2.05, 4.69) is 10.3 Å². The Morgan fingerprint density at radius 1 is 1.29 bits per heavy atom. The standard InChI is InChI=1S/C17H15F2N3O2/c18-14-5-1-3-12(16(14)19)6-7-15(23)24-10-9-22-17-13(11-20)4-2-8-21-17/h1-5,8H,6-7,9-10H2,(H,21,22). The summed E-state index contributed by atoms with van der Waals surface area (Å²) in [5.41, 5.74) is 0.530. The van der Waals surface area contributed by atoms with E-state index in [1.807, 2.05) is 6.07 Å². The number of anilines is 1. The van der Waals surface area contributed by atoms with Crippen LogP contribution in [-0.2, 0) is 16.0 Å². The van der Waals surface area contributed by atoms with Gasteiger partial charge in [-0.3, -0.25) is 4.79 Å². The van der Waals surface area contributed by atoms with Crippen molar-refractivity contribution in [1.29, 1.82) is 5.26 Å². The van der Waals surface area contributed by atoms with E-state index in [-0.39, 0.29) is 31.6 Å². The number of benzene rings is 1. The van der Waals surface area contributed by atoms with E-state index in [0.717, 1.165) is 6.07 Å². The van der Waals surface area contributed by atoms with E-state index < -0.39 is 17.6 Å². The number of hydrogen-bond acceptors (Lipinski definition) is 5. The van der Waals surface area contributed by atoms with Crippen LogP contribution in [0.4, 0.5) is 14.6 Å². The lowest BCUT2D eigenvalue weighted by molar-refractivity contribution is -0.143. The minimum Gasteiger partial charge on any atom is -0.464 e. The lowest BCUT2D eigenvalue weighted by Gasteiger charge is -2.08. The molecule has 0 spiro atoms. The number of carbonyl (C=O) groups is 1. The SMILES string of the molecule is N#Cc1cccnc1NCCOC(=O)CCc1cccc(F)c1F. The molecule has 1 aromatic carbocycles. The van der Waals surface area contributed by atoms with Crippen LogP contribution in [-0.4, -0.2) is 24.1 Å². The highest BCUT2D eigenvalue weighted by molar-refractivity contribution is 5.69. The van der Waals surface area contributed by atoms with Crippen molar-refractivity contribution in [2.24, 2.45) is 0 Å². The molecular formula is C17H15F2N3O2. The monoisotopic (exact) mass is 331 g/mol. The summed E-state index contributed by atoms with van der Waals surface area (Å²) in [6.07, 6.45) is 1.56. The number of ether oxygens (including phenoxy) is 1. The molecule has 0 amide bonds. The Balaban J connectivity index is 1.72. The third-order valence-corrected chi connectivity index (χ3v) is 3.22. The molecule has 0 aliphatic carbocycles. The quantitative estimate of drug-likeness (QED) is 0.624. The number of pyridine rings is 1. The Kier molecular flexibility index (Phi) is 6.20. The molecule has 124 valence electrons. The lowest BCUT2D eigenvalue weighted by atomic mass is 10.1. The number of aromatic nitrogens is 1. The first-order valence-electron chi connectivity index (χ1n) is 7.29. The molecule has 0 radical (unpaired) electrons. The molecule has 2 rings (SSSR count). The van der Waals surface area contributed by atoms with E-state index in [4.69, 9.17) is 10.00 Å². The van der Waals surface area contributed by atoms with Crippen molar-refractivity contribution in [2.45, 2.75) is 12.8 Å². The molecule has 7 heteroatoms. The van der Waals surface area contributed by atoms with Gasteiger partial charge in [-0.15, -0.1) is 0 Å². The van der Waals surface area contributed by atoms with Gasteiger partial charge >= 0.3 is 5.97 Å². The van der Waals surface area contributed by atoms with Crippen LogP contribution in [0.3, 0.4) is 0 Å². The van der Waals surface area contributed by atoms with Crippen molar-refractivity contribution in [3.05, 3.63) is 59.3 Å². The molecule has 0 aliphatic rings. The second-order valence-corrected chi connectivity index (χ2v) is 4.87. The largest absolute Gasteiger partial charge is 0.464 e. The third-order valence-electron chi connectivity index (χ3n) is 3.22. The maximum atomic E-state index is 13.4. The van der Waals surface area contributed by atoms with Crippen LogP contribution >= 0.6 is 0 Å². The zero-order valence-electron chi connectivity index (χ0n) is 12.8. The normalized spacial score (nSPS) is 10.0. The number of halogens is 2. The average molecular weight is 331 g/mol. The fourth-order valence-electron chi connectivity index (χ4n) is 2.02. The molecule has 0 atom stereocenters. The maximum Gasteiger partial charge on any atom is 0.306 e. The van der Waals surface area contributed by atoms with Crippen LogP contribution in [0.15, 0.2) is 36.5 Å². The Labute approximate surface area is 137 Å². The third kappa shape index (κ3) is 4.74. The molecule has 1 N–H and O–H groups in total. The van der Waals surface area contributed by atoms with Gasteiger partial charge in [-0.05, 0) is 30.2 Å². The van der Waals surface area contributed by atoms with Crippen molar-refractivity contribution in [3.8, 4) is 6.07 Å². The van der Waals surface area contributed by atoms with Gasteiger partial charge in [-0.1, -0.05) is 12.1 Å². The number of nitrogens with zero attached hydrogens (tertiary/aromatic N) is 2. The highest BCUT2D eigenvalue weighted by atomic mass is 19.2. The van der Waals surface area contributed by atoms with E-state index in [9.17, 15) is 13.6 Å². The summed E-state index contributed by atoms with van der Waals surface area (Å²) in [6.45, 7) is 0.359. The molecule has 0 aliphatic heterocycles. The summed E-state index contributed by atoms with van der Waals surface area (Å²) >= 11 is 0. The summed E-state index contributed by atoms with van der Waals surface area (Å²) in [5.74, 6) is -1.97. The minimum absolute atomic E-state index is 0.0482. The molecule has 0 fully saturated rings. The molecule has 0 unspecified atom stereocenters. The number of rotatable bonds is 7. The van der Waals surface area contributed by atoms with Crippen LogP contribution in [0.2, 0.25) is 0 Å². The predicted molar refractivity (Wildman–Crippen MR) is 83.1 cm³/mol. The average Bonchev–Trinajstić information content (AvgIpc) is 2.60. The zero-order valence-corrected chi connectivity index (χ0v) is 12.8. The summed E-state index contributed by atoms with van der Waals surface area (Å²) in [6, 6.07) is 9.11. The van der Waals surface area contributed by atoms with Gasteiger partial charge in [0.2, 0.25) is 0 Å². The number of carbonyl (C=O) groups excluding carboxylic acids is 1. The van der Waals surface area contributed by atoms with Crippen molar-refractivity contribution in [1.82, 2.24) is 4.98 Å². The first-order valence-corrected chi connectivity index (χ1v) is 7.29. The molecule has 0 bridgehead atoms. The molecule has 2 aromatic rings. The van der Waals surface area contributed by atoms with Gasteiger partial charge in [-0.2, -0.15) is 5.26 Å². The van der Waals surface area contributed by atoms with Crippen LogP contribution in [0.25, 0.3) is 0 Å². The fourth-order valence-corrected chi connectivity index (χ4v) is 2.02. The van der Waals surface area contributed by atoms with Crippen LogP contribution in [0.1, 0.15) is 17.5 Å². The second-order valence-electron chi connectivity index (χ2n) is 4.87. The first kappa shape index (κ1) is 17.3.